The van der Waals surface area contributed by atoms with Crippen LogP contribution in [0.2, 0.25) is 0 Å². The van der Waals surface area contributed by atoms with E-state index in [1.54, 1.807) is 0 Å². The summed E-state index contributed by atoms with van der Waals surface area (Å²) in [7, 11) is 1.40. The second-order valence-corrected chi connectivity index (χ2v) is 4.16. The first kappa shape index (κ1) is 14.0. The summed E-state index contributed by atoms with van der Waals surface area (Å²) in [5, 5.41) is 10.6. The number of hydrogen-bond acceptors (Lipinski definition) is 5. The Morgan fingerprint density at radius 1 is 1.39 bits per heavy atom. The van der Waals surface area contributed by atoms with E-state index in [2.05, 4.69) is 0 Å². The summed E-state index contributed by atoms with van der Waals surface area (Å²) in [4.78, 5) is 21.6. The normalized spacial score (nSPS) is 10.2. The molecule has 0 fully saturated rings. The SMILES string of the molecule is COc1ccc([N+](=O)[O-])cc1OC(=O)CC(C)C. The number of nitro groups is 1. The van der Waals surface area contributed by atoms with Crippen LogP contribution < -0.4 is 9.47 Å². The highest BCUT2D eigenvalue weighted by Gasteiger charge is 2.16. The molecule has 1 rings (SSSR count). The van der Waals surface area contributed by atoms with Crippen molar-refractivity contribution in [3.05, 3.63) is 28.3 Å². The minimum atomic E-state index is -0.556. The maximum Gasteiger partial charge on any atom is 0.311 e. The molecule has 0 aliphatic carbocycles. The molecule has 0 saturated carbocycles. The van der Waals surface area contributed by atoms with Gasteiger partial charge >= 0.3 is 5.97 Å². The van der Waals surface area contributed by atoms with Crippen LogP contribution in [-0.4, -0.2) is 18.0 Å². The molecule has 1 aromatic rings. The van der Waals surface area contributed by atoms with Crippen LogP contribution in [0.4, 0.5) is 5.69 Å². The van der Waals surface area contributed by atoms with E-state index in [-0.39, 0.29) is 29.5 Å². The van der Waals surface area contributed by atoms with E-state index in [0.29, 0.717) is 0 Å². The van der Waals surface area contributed by atoms with Crippen molar-refractivity contribution in [3.8, 4) is 11.5 Å². The molecular weight excluding hydrogens is 238 g/mol. The molecule has 0 heterocycles. The van der Waals surface area contributed by atoms with Gasteiger partial charge < -0.3 is 9.47 Å². The van der Waals surface area contributed by atoms with E-state index in [1.807, 2.05) is 13.8 Å². The lowest BCUT2D eigenvalue weighted by atomic mass is 10.1. The van der Waals surface area contributed by atoms with Gasteiger partial charge in [0.15, 0.2) is 11.5 Å². The summed E-state index contributed by atoms with van der Waals surface area (Å²) >= 11 is 0. The molecule has 0 aromatic heterocycles. The Kier molecular flexibility index (Phi) is 4.65. The van der Waals surface area contributed by atoms with E-state index in [9.17, 15) is 14.9 Å². The third-order valence-corrected chi connectivity index (χ3v) is 2.16. The summed E-state index contributed by atoms with van der Waals surface area (Å²) < 4.78 is 10.1. The van der Waals surface area contributed by atoms with Crippen LogP contribution in [0.5, 0.6) is 11.5 Å². The standard InChI is InChI=1S/C12H15NO5/c1-8(2)6-12(14)18-11-7-9(13(15)16)4-5-10(11)17-3/h4-5,7-8H,6H2,1-3H3. The fourth-order valence-electron chi connectivity index (χ4n) is 1.36. The molecule has 1 aromatic carbocycles. The molecule has 0 atom stereocenters. The minimum absolute atomic E-state index is 0.0670. The van der Waals surface area contributed by atoms with Crippen LogP contribution in [0.25, 0.3) is 0 Å². The van der Waals surface area contributed by atoms with Crippen LogP contribution >= 0.6 is 0 Å². The maximum absolute atomic E-state index is 11.5. The van der Waals surface area contributed by atoms with Crippen LogP contribution in [0.3, 0.4) is 0 Å². The first-order chi connectivity index (χ1) is 8.43. The molecule has 98 valence electrons. The van der Waals surface area contributed by atoms with Crippen molar-refractivity contribution in [1.82, 2.24) is 0 Å². The molecule has 0 saturated heterocycles. The second kappa shape index (κ2) is 6.00. The molecule has 0 aliphatic heterocycles. The van der Waals surface area contributed by atoms with Gasteiger partial charge in [-0.05, 0) is 12.0 Å². The minimum Gasteiger partial charge on any atom is -0.493 e. The Morgan fingerprint density at radius 3 is 2.56 bits per heavy atom. The van der Waals surface area contributed by atoms with Gasteiger partial charge in [0, 0.05) is 12.5 Å². The molecule has 6 nitrogen and oxygen atoms in total. The molecule has 0 N–H and O–H groups in total. The van der Waals surface area contributed by atoms with Crippen LogP contribution in [0.1, 0.15) is 20.3 Å². The first-order valence-electron chi connectivity index (χ1n) is 5.47. The first-order valence-corrected chi connectivity index (χ1v) is 5.47. The number of methoxy groups -OCH3 is 1. The number of hydrogen-bond donors (Lipinski definition) is 0. The number of carbonyl (C=O) groups excluding carboxylic acids is 1. The quantitative estimate of drug-likeness (QED) is 0.349. The van der Waals surface area contributed by atoms with Gasteiger partial charge in [-0.1, -0.05) is 13.8 Å². The van der Waals surface area contributed by atoms with Gasteiger partial charge in [0.1, 0.15) is 0 Å². The van der Waals surface area contributed by atoms with Gasteiger partial charge in [-0.25, -0.2) is 0 Å². The number of carbonyl (C=O) groups is 1. The summed E-state index contributed by atoms with van der Waals surface area (Å²) in [6.45, 7) is 3.76. The number of rotatable bonds is 5. The summed E-state index contributed by atoms with van der Waals surface area (Å²) in [6, 6.07) is 3.87. The van der Waals surface area contributed by atoms with E-state index < -0.39 is 10.9 Å². The van der Waals surface area contributed by atoms with Crippen molar-refractivity contribution in [2.24, 2.45) is 5.92 Å². The number of nitrogens with zero attached hydrogens (tertiary/aromatic N) is 1. The fourth-order valence-corrected chi connectivity index (χ4v) is 1.36. The van der Waals surface area contributed by atoms with Crippen LogP contribution in [-0.2, 0) is 4.79 Å². The molecule has 0 amide bonds. The third-order valence-electron chi connectivity index (χ3n) is 2.16. The van der Waals surface area contributed by atoms with Crippen LogP contribution in [0.15, 0.2) is 18.2 Å². The van der Waals surface area contributed by atoms with E-state index >= 15 is 0 Å². The number of non-ortho nitro benzene ring substituents is 1. The van der Waals surface area contributed by atoms with Gasteiger partial charge in [0.25, 0.3) is 5.69 Å². The lowest BCUT2D eigenvalue weighted by Gasteiger charge is -2.09. The average Bonchev–Trinajstić information content (AvgIpc) is 2.27. The number of ether oxygens (including phenoxy) is 2. The van der Waals surface area contributed by atoms with E-state index in [0.717, 1.165) is 0 Å². The highest BCUT2D eigenvalue weighted by atomic mass is 16.6. The summed E-state index contributed by atoms with van der Waals surface area (Å²) in [5.74, 6) is 0.0704. The highest BCUT2D eigenvalue weighted by Crippen LogP contribution is 2.31. The van der Waals surface area contributed by atoms with E-state index in [1.165, 1.54) is 25.3 Å². The van der Waals surface area contributed by atoms with Crippen molar-refractivity contribution >= 4 is 11.7 Å². The maximum atomic E-state index is 11.5. The summed E-state index contributed by atoms with van der Waals surface area (Å²) in [5.41, 5.74) is -0.150. The Bertz CT molecular complexity index is 456. The molecule has 6 heteroatoms. The zero-order valence-electron chi connectivity index (χ0n) is 10.5. The highest BCUT2D eigenvalue weighted by molar-refractivity contribution is 5.73. The van der Waals surface area contributed by atoms with Gasteiger partial charge in [0.2, 0.25) is 0 Å². The zero-order valence-corrected chi connectivity index (χ0v) is 10.5. The number of esters is 1. The Labute approximate surface area is 105 Å². The Balaban J connectivity index is 2.94. The number of nitro benzene ring substituents is 1. The largest absolute Gasteiger partial charge is 0.493 e. The van der Waals surface area contributed by atoms with Gasteiger partial charge in [-0.15, -0.1) is 0 Å². The van der Waals surface area contributed by atoms with Crippen LogP contribution in [0, 0.1) is 16.0 Å². The molecular formula is C12H15NO5. The molecule has 0 unspecified atom stereocenters. The molecule has 0 radical (unpaired) electrons. The lowest BCUT2D eigenvalue weighted by molar-refractivity contribution is -0.384. The lowest BCUT2D eigenvalue weighted by Crippen LogP contribution is -2.11. The van der Waals surface area contributed by atoms with Gasteiger partial charge in [-0.2, -0.15) is 0 Å². The monoisotopic (exact) mass is 253 g/mol. The van der Waals surface area contributed by atoms with Gasteiger partial charge in [0.05, 0.1) is 18.1 Å². The smallest absolute Gasteiger partial charge is 0.311 e. The summed E-state index contributed by atoms with van der Waals surface area (Å²) in [6.07, 6.45) is 0.242. The third kappa shape index (κ3) is 3.73. The average molecular weight is 253 g/mol. The molecule has 0 bridgehead atoms. The molecule has 0 spiro atoms. The molecule has 18 heavy (non-hydrogen) atoms. The second-order valence-electron chi connectivity index (χ2n) is 4.16. The van der Waals surface area contributed by atoms with Crippen molar-refractivity contribution in [2.45, 2.75) is 20.3 Å². The predicted molar refractivity (Wildman–Crippen MR) is 64.7 cm³/mol. The van der Waals surface area contributed by atoms with Crippen molar-refractivity contribution in [3.63, 3.8) is 0 Å². The Hall–Kier alpha value is -2.11. The fraction of sp³-hybridized carbons (Fsp3) is 0.417. The number of benzene rings is 1. The van der Waals surface area contributed by atoms with Crippen molar-refractivity contribution in [2.75, 3.05) is 7.11 Å². The van der Waals surface area contributed by atoms with Crippen molar-refractivity contribution < 1.29 is 19.2 Å². The predicted octanol–water partition coefficient (Wildman–Crippen LogP) is 2.55. The topological polar surface area (TPSA) is 78.7 Å². The zero-order chi connectivity index (χ0) is 13.7. The van der Waals surface area contributed by atoms with Gasteiger partial charge in [-0.3, -0.25) is 14.9 Å². The molecule has 0 aliphatic rings. The van der Waals surface area contributed by atoms with Crippen molar-refractivity contribution in [1.29, 1.82) is 0 Å². The Morgan fingerprint density at radius 2 is 2.06 bits per heavy atom. The van der Waals surface area contributed by atoms with E-state index in [4.69, 9.17) is 9.47 Å².